The highest BCUT2D eigenvalue weighted by molar-refractivity contribution is 6.32. The second-order valence-corrected chi connectivity index (χ2v) is 4.63. The molecule has 0 aliphatic heterocycles. The van der Waals surface area contributed by atoms with Crippen molar-refractivity contribution in [1.82, 2.24) is 0 Å². The van der Waals surface area contributed by atoms with Gasteiger partial charge in [-0.25, -0.2) is 0 Å². The summed E-state index contributed by atoms with van der Waals surface area (Å²) in [6.07, 6.45) is 0. The van der Waals surface area contributed by atoms with E-state index in [1.54, 1.807) is 0 Å². The number of carbonyl (C=O) groups is 1. The Hall–Kier alpha value is -1.91. The van der Waals surface area contributed by atoms with Gasteiger partial charge in [-0.3, -0.25) is 4.79 Å². The second kappa shape index (κ2) is 5.38. The zero-order valence-electron chi connectivity index (χ0n) is 9.52. The van der Waals surface area contributed by atoms with Crippen molar-refractivity contribution in [2.75, 3.05) is 5.32 Å². The summed E-state index contributed by atoms with van der Waals surface area (Å²) in [5.41, 5.74) is 0.396. The molecule has 19 heavy (non-hydrogen) atoms. The van der Waals surface area contributed by atoms with Crippen LogP contribution in [0, 0.1) is 0 Å². The average molecular weight is 298 g/mol. The van der Waals surface area contributed by atoms with Gasteiger partial charge in [0.25, 0.3) is 5.91 Å². The van der Waals surface area contributed by atoms with Gasteiger partial charge in [-0.2, -0.15) is 0 Å². The van der Waals surface area contributed by atoms with Crippen molar-refractivity contribution in [2.24, 2.45) is 0 Å². The van der Waals surface area contributed by atoms with Gasteiger partial charge >= 0.3 is 0 Å². The molecule has 0 spiro atoms. The zero-order chi connectivity index (χ0) is 14.0. The number of amides is 1. The van der Waals surface area contributed by atoms with Gasteiger partial charge < -0.3 is 15.5 Å². The minimum Gasteiger partial charge on any atom is -0.507 e. The van der Waals surface area contributed by atoms with Crippen LogP contribution in [0.15, 0.2) is 36.4 Å². The highest BCUT2D eigenvalue weighted by Crippen LogP contribution is 2.27. The molecule has 0 atom stereocenters. The van der Waals surface area contributed by atoms with Gasteiger partial charge in [0.1, 0.15) is 11.5 Å². The Morgan fingerprint density at radius 3 is 2.42 bits per heavy atom. The molecular weight excluding hydrogens is 289 g/mol. The second-order valence-electron chi connectivity index (χ2n) is 3.78. The van der Waals surface area contributed by atoms with E-state index >= 15 is 0 Å². The van der Waals surface area contributed by atoms with Crippen molar-refractivity contribution in [2.45, 2.75) is 0 Å². The molecule has 0 aliphatic rings. The topological polar surface area (TPSA) is 69.6 Å². The molecule has 98 valence electrons. The highest BCUT2D eigenvalue weighted by atomic mass is 35.5. The first-order chi connectivity index (χ1) is 8.97. The van der Waals surface area contributed by atoms with E-state index in [1.165, 1.54) is 36.4 Å². The van der Waals surface area contributed by atoms with Gasteiger partial charge in [0.05, 0.1) is 10.6 Å². The third-order valence-corrected chi connectivity index (χ3v) is 2.96. The lowest BCUT2D eigenvalue weighted by Gasteiger charge is -2.08. The van der Waals surface area contributed by atoms with Crippen molar-refractivity contribution < 1.29 is 15.0 Å². The van der Waals surface area contributed by atoms with Gasteiger partial charge in [0.15, 0.2) is 0 Å². The number of carbonyl (C=O) groups excluding carboxylic acids is 1. The number of rotatable bonds is 2. The number of phenolic OH excluding ortho intramolecular Hbond substituents is 2. The number of phenols is 2. The summed E-state index contributed by atoms with van der Waals surface area (Å²) in [7, 11) is 0. The number of hydrogen-bond donors (Lipinski definition) is 3. The Morgan fingerprint density at radius 1 is 1.00 bits per heavy atom. The van der Waals surface area contributed by atoms with Crippen LogP contribution in [0.2, 0.25) is 10.0 Å². The fourth-order valence-electron chi connectivity index (χ4n) is 1.48. The molecule has 1 amide bonds. The first-order valence-corrected chi connectivity index (χ1v) is 6.01. The first-order valence-electron chi connectivity index (χ1n) is 5.26. The van der Waals surface area contributed by atoms with Crippen LogP contribution in [0.4, 0.5) is 5.69 Å². The van der Waals surface area contributed by atoms with E-state index < -0.39 is 5.91 Å². The van der Waals surface area contributed by atoms with Crippen LogP contribution in [0.5, 0.6) is 11.5 Å². The zero-order valence-corrected chi connectivity index (χ0v) is 11.0. The van der Waals surface area contributed by atoms with Crippen molar-refractivity contribution in [3.05, 3.63) is 52.0 Å². The summed E-state index contributed by atoms with van der Waals surface area (Å²) in [5, 5.41) is 22.1. The van der Waals surface area contributed by atoms with Crippen LogP contribution in [-0.2, 0) is 0 Å². The van der Waals surface area contributed by atoms with Crippen molar-refractivity contribution in [1.29, 1.82) is 0 Å². The number of hydrogen-bond acceptors (Lipinski definition) is 3. The minimum atomic E-state index is -0.540. The predicted molar refractivity (Wildman–Crippen MR) is 74.2 cm³/mol. The molecule has 0 aliphatic carbocycles. The van der Waals surface area contributed by atoms with Crippen LogP contribution in [0.25, 0.3) is 0 Å². The molecule has 0 fully saturated rings. The molecule has 0 saturated heterocycles. The molecule has 4 nitrogen and oxygen atoms in total. The summed E-state index contributed by atoms with van der Waals surface area (Å²) >= 11 is 11.4. The summed E-state index contributed by atoms with van der Waals surface area (Å²) < 4.78 is 0. The third kappa shape index (κ3) is 3.10. The Bertz CT molecular complexity index is 644. The summed E-state index contributed by atoms with van der Waals surface area (Å²) in [6, 6.07) is 8.44. The Balaban J connectivity index is 2.25. The van der Waals surface area contributed by atoms with Crippen molar-refractivity contribution in [3.8, 4) is 11.5 Å². The molecule has 0 unspecified atom stereocenters. The molecular formula is C13H9Cl2NO3. The van der Waals surface area contributed by atoms with E-state index in [9.17, 15) is 15.0 Å². The first kappa shape index (κ1) is 13.5. The number of aromatic hydroxyl groups is 2. The molecule has 2 aromatic rings. The van der Waals surface area contributed by atoms with E-state index in [0.29, 0.717) is 10.7 Å². The van der Waals surface area contributed by atoms with E-state index in [4.69, 9.17) is 23.2 Å². The number of halogens is 2. The molecule has 0 bridgehead atoms. The van der Waals surface area contributed by atoms with Crippen LogP contribution in [0.1, 0.15) is 10.4 Å². The number of anilines is 1. The fourth-order valence-corrected chi connectivity index (χ4v) is 1.77. The quantitative estimate of drug-likeness (QED) is 0.792. The standard InChI is InChI=1S/C13H9Cl2NO3/c14-7-1-4-11(17)9(5-7)13(19)16-8-2-3-10(15)12(18)6-8/h1-6,17-18H,(H,16,19). The molecule has 0 saturated carbocycles. The van der Waals surface area contributed by atoms with Gasteiger partial charge in [0, 0.05) is 16.8 Å². The molecule has 2 aromatic carbocycles. The molecule has 6 heteroatoms. The van der Waals surface area contributed by atoms with Gasteiger partial charge in [0.2, 0.25) is 0 Å². The Labute approximate surface area is 119 Å². The lowest BCUT2D eigenvalue weighted by Crippen LogP contribution is -2.12. The van der Waals surface area contributed by atoms with Crippen LogP contribution < -0.4 is 5.32 Å². The maximum absolute atomic E-state index is 11.9. The normalized spacial score (nSPS) is 10.2. The van der Waals surface area contributed by atoms with E-state index in [0.717, 1.165) is 0 Å². The molecule has 3 N–H and O–H groups in total. The maximum atomic E-state index is 11.9. The lowest BCUT2D eigenvalue weighted by atomic mass is 10.2. The lowest BCUT2D eigenvalue weighted by molar-refractivity contribution is 0.102. The van der Waals surface area contributed by atoms with E-state index in [1.807, 2.05) is 0 Å². The van der Waals surface area contributed by atoms with Crippen molar-refractivity contribution >= 4 is 34.8 Å². The van der Waals surface area contributed by atoms with Crippen molar-refractivity contribution in [3.63, 3.8) is 0 Å². The molecule has 0 aromatic heterocycles. The predicted octanol–water partition coefficient (Wildman–Crippen LogP) is 3.66. The largest absolute Gasteiger partial charge is 0.507 e. The monoisotopic (exact) mass is 297 g/mol. The highest BCUT2D eigenvalue weighted by Gasteiger charge is 2.12. The molecule has 0 radical (unpaired) electrons. The van der Waals surface area contributed by atoms with Crippen LogP contribution >= 0.6 is 23.2 Å². The molecule has 2 rings (SSSR count). The van der Waals surface area contributed by atoms with Gasteiger partial charge in [-0.05, 0) is 30.3 Å². The maximum Gasteiger partial charge on any atom is 0.259 e. The van der Waals surface area contributed by atoms with Crippen LogP contribution in [-0.4, -0.2) is 16.1 Å². The van der Waals surface area contributed by atoms with Crippen LogP contribution in [0.3, 0.4) is 0 Å². The minimum absolute atomic E-state index is 0.0435. The smallest absolute Gasteiger partial charge is 0.259 e. The summed E-state index contributed by atoms with van der Waals surface area (Å²) in [6.45, 7) is 0. The fraction of sp³-hybridized carbons (Fsp3) is 0. The van der Waals surface area contributed by atoms with E-state index in [-0.39, 0.29) is 22.1 Å². The summed E-state index contributed by atoms with van der Waals surface area (Å²) in [5.74, 6) is -0.864. The van der Waals surface area contributed by atoms with Gasteiger partial charge in [-0.1, -0.05) is 23.2 Å². The SMILES string of the molecule is O=C(Nc1ccc(Cl)c(O)c1)c1cc(Cl)ccc1O. The van der Waals surface area contributed by atoms with E-state index in [2.05, 4.69) is 5.32 Å². The Kier molecular flexibility index (Phi) is 3.83. The third-order valence-electron chi connectivity index (χ3n) is 2.41. The summed E-state index contributed by atoms with van der Waals surface area (Å²) in [4.78, 5) is 11.9. The average Bonchev–Trinajstić information content (AvgIpc) is 2.36. The number of nitrogens with one attached hydrogen (secondary N) is 1. The Morgan fingerprint density at radius 2 is 1.74 bits per heavy atom. The molecule has 0 heterocycles. The van der Waals surface area contributed by atoms with Gasteiger partial charge in [-0.15, -0.1) is 0 Å². The number of benzene rings is 2.